The monoisotopic (exact) mass is 663 g/mol. The molecule has 4 atom stereocenters. The van der Waals surface area contributed by atoms with E-state index in [4.69, 9.17) is 5.73 Å². The first kappa shape index (κ1) is 31.3. The highest BCUT2D eigenvalue weighted by Crippen LogP contribution is 2.61. The zero-order valence-corrected chi connectivity index (χ0v) is 28.7. The van der Waals surface area contributed by atoms with Crippen molar-refractivity contribution in [1.29, 1.82) is 0 Å². The van der Waals surface area contributed by atoms with Crippen LogP contribution < -0.4 is 21.3 Å². The summed E-state index contributed by atoms with van der Waals surface area (Å²) in [6.07, 6.45) is 4.28. The number of aromatic nitrogens is 1. The van der Waals surface area contributed by atoms with Crippen molar-refractivity contribution in [2.45, 2.75) is 37.3 Å². The van der Waals surface area contributed by atoms with Crippen molar-refractivity contribution < 1.29 is 0 Å². The van der Waals surface area contributed by atoms with Crippen LogP contribution in [0.1, 0.15) is 58.7 Å². The molecule has 0 bridgehead atoms. The number of nitrogens with two attached hydrogens (primary N) is 1. The highest BCUT2D eigenvalue weighted by Gasteiger charge is 2.52. The summed E-state index contributed by atoms with van der Waals surface area (Å²) < 4.78 is 2.44. The summed E-state index contributed by atoms with van der Waals surface area (Å²) in [5, 5.41) is 8.67. The predicted octanol–water partition coefficient (Wildman–Crippen LogP) is 9.84. The number of benzene rings is 6. The van der Waals surface area contributed by atoms with E-state index in [1.807, 2.05) is 24.3 Å². The molecule has 0 saturated heterocycles. The second-order valence-corrected chi connectivity index (χ2v) is 13.8. The Morgan fingerprint density at radius 2 is 1.31 bits per heavy atom. The minimum Gasteiger partial charge on any atom is -0.330 e. The summed E-state index contributed by atoms with van der Waals surface area (Å²) in [7, 11) is 0. The van der Waals surface area contributed by atoms with Crippen molar-refractivity contribution in [3.05, 3.63) is 203 Å². The van der Waals surface area contributed by atoms with Gasteiger partial charge in [-0.15, -0.1) is 0 Å². The number of nitrogens with zero attached hydrogens (tertiary/aromatic N) is 2. The van der Waals surface area contributed by atoms with E-state index >= 15 is 0 Å². The van der Waals surface area contributed by atoms with Gasteiger partial charge in [-0.2, -0.15) is 0 Å². The standard InChI is InChI=1S/C46H41N5/c1-46-39(37-21-11-14-24-41(37)51(46)36-19-9-4-10-20-36)29-30-42-43(46)38-22-12-13-23-40(38)50(42)35-27-25-34(26-28-35)45(48-31-32-15-5-2-6-16-32)49-44(47)33-17-7-3-8-18-33/h2-30,39,44-45,48-49H,31,47H2,1H3. The van der Waals surface area contributed by atoms with Gasteiger partial charge in [-0.3, -0.25) is 10.6 Å². The molecule has 6 aromatic carbocycles. The van der Waals surface area contributed by atoms with Gasteiger partial charge in [0.2, 0.25) is 0 Å². The van der Waals surface area contributed by atoms with Gasteiger partial charge in [-0.25, -0.2) is 0 Å². The third-order valence-corrected chi connectivity index (χ3v) is 10.8. The number of nitrogens with one attached hydrogen (secondary N) is 2. The Labute approximate surface area is 299 Å². The van der Waals surface area contributed by atoms with Crippen LogP contribution in [0.4, 0.5) is 11.4 Å². The van der Waals surface area contributed by atoms with Gasteiger partial charge >= 0.3 is 0 Å². The van der Waals surface area contributed by atoms with Crippen LogP contribution in [0.3, 0.4) is 0 Å². The summed E-state index contributed by atoms with van der Waals surface area (Å²) in [4.78, 5) is 2.57. The molecule has 4 unspecified atom stereocenters. The van der Waals surface area contributed by atoms with E-state index < -0.39 is 0 Å². The predicted molar refractivity (Wildman–Crippen MR) is 210 cm³/mol. The van der Waals surface area contributed by atoms with Gasteiger partial charge in [0.25, 0.3) is 0 Å². The highest BCUT2D eigenvalue weighted by molar-refractivity contribution is 5.95. The molecular weight excluding hydrogens is 623 g/mol. The average molecular weight is 664 g/mol. The molecule has 0 spiro atoms. The highest BCUT2D eigenvalue weighted by atomic mass is 15.2. The van der Waals surface area contributed by atoms with Crippen LogP contribution in [0.15, 0.2) is 170 Å². The third kappa shape index (κ3) is 5.29. The fourth-order valence-electron chi connectivity index (χ4n) is 8.44. The molecule has 1 aromatic heterocycles. The Morgan fingerprint density at radius 3 is 2.08 bits per heavy atom. The van der Waals surface area contributed by atoms with Crippen molar-refractivity contribution in [3.8, 4) is 5.69 Å². The summed E-state index contributed by atoms with van der Waals surface area (Å²) in [6, 6.07) is 58.3. The SMILES string of the molecule is CC12c3c(n(-c4ccc(C(NCc5ccccc5)NC(N)c5ccccc5)cc4)c4ccccc34)C=CC1c1ccccc1N2c1ccccc1. The van der Waals surface area contributed by atoms with Crippen molar-refractivity contribution in [2.24, 2.45) is 5.73 Å². The van der Waals surface area contributed by atoms with Gasteiger partial charge < -0.3 is 15.2 Å². The van der Waals surface area contributed by atoms with Gasteiger partial charge in [-0.1, -0.05) is 133 Å². The Kier molecular flexibility index (Phi) is 7.89. The quantitative estimate of drug-likeness (QED) is 0.135. The van der Waals surface area contributed by atoms with Crippen LogP contribution >= 0.6 is 0 Å². The van der Waals surface area contributed by atoms with Crippen molar-refractivity contribution in [2.75, 3.05) is 4.90 Å². The lowest BCUT2D eigenvalue weighted by molar-refractivity contribution is 0.386. The first-order chi connectivity index (χ1) is 25.1. The molecule has 5 heteroatoms. The lowest BCUT2D eigenvalue weighted by Gasteiger charge is -2.43. The number of fused-ring (bicyclic) bond motifs is 7. The maximum Gasteiger partial charge on any atom is 0.0852 e. The molecule has 9 rings (SSSR count). The Hall–Kier alpha value is -5.72. The van der Waals surface area contributed by atoms with Gasteiger partial charge in [0.15, 0.2) is 0 Å². The van der Waals surface area contributed by atoms with Gasteiger partial charge in [-0.05, 0) is 71.7 Å². The van der Waals surface area contributed by atoms with Crippen LogP contribution in [0.25, 0.3) is 22.7 Å². The maximum absolute atomic E-state index is 6.72. The van der Waals surface area contributed by atoms with E-state index in [1.54, 1.807) is 0 Å². The molecule has 1 aliphatic heterocycles. The second kappa shape index (κ2) is 12.9. The number of hydrogen-bond acceptors (Lipinski definition) is 4. The normalized spacial score (nSPS) is 18.6. The Bertz CT molecular complexity index is 2330. The molecular formula is C46H41N5. The van der Waals surface area contributed by atoms with E-state index in [-0.39, 0.29) is 23.8 Å². The second-order valence-electron chi connectivity index (χ2n) is 13.8. The van der Waals surface area contributed by atoms with Crippen LogP contribution in [0.5, 0.6) is 0 Å². The molecule has 0 saturated carbocycles. The number of para-hydroxylation sites is 3. The van der Waals surface area contributed by atoms with Crippen molar-refractivity contribution >= 4 is 28.4 Å². The van der Waals surface area contributed by atoms with Crippen LogP contribution in [0, 0.1) is 0 Å². The molecule has 2 aliphatic rings. The van der Waals surface area contributed by atoms with Crippen LogP contribution in [-0.2, 0) is 12.1 Å². The first-order valence-corrected chi connectivity index (χ1v) is 17.8. The minimum atomic E-state index is -0.332. The molecule has 7 aromatic rings. The van der Waals surface area contributed by atoms with E-state index in [0.717, 1.165) is 16.8 Å². The number of anilines is 2. The topological polar surface area (TPSA) is 58.3 Å². The first-order valence-electron chi connectivity index (χ1n) is 17.8. The summed E-state index contributed by atoms with van der Waals surface area (Å²) in [6.45, 7) is 3.14. The molecule has 0 radical (unpaired) electrons. The molecule has 51 heavy (non-hydrogen) atoms. The molecule has 0 fully saturated rings. The molecule has 0 amide bonds. The van der Waals surface area contributed by atoms with E-state index in [9.17, 15) is 0 Å². The molecule has 5 nitrogen and oxygen atoms in total. The molecule has 2 heterocycles. The van der Waals surface area contributed by atoms with E-state index in [1.165, 1.54) is 44.7 Å². The van der Waals surface area contributed by atoms with Crippen molar-refractivity contribution in [3.63, 3.8) is 0 Å². The van der Waals surface area contributed by atoms with Gasteiger partial charge in [0.1, 0.15) is 0 Å². The van der Waals surface area contributed by atoms with E-state index in [2.05, 4.69) is 179 Å². The minimum absolute atomic E-state index is 0.166. The van der Waals surface area contributed by atoms with Crippen LogP contribution in [-0.4, -0.2) is 4.57 Å². The summed E-state index contributed by atoms with van der Waals surface area (Å²) in [5.74, 6) is 0.208. The van der Waals surface area contributed by atoms with Gasteiger partial charge in [0.05, 0.1) is 29.1 Å². The molecule has 4 N–H and O–H groups in total. The zero-order chi connectivity index (χ0) is 34.4. The number of rotatable bonds is 9. The van der Waals surface area contributed by atoms with Crippen LogP contribution in [0.2, 0.25) is 0 Å². The average Bonchev–Trinajstić information content (AvgIpc) is 3.67. The Morgan fingerprint density at radius 1 is 0.667 bits per heavy atom. The molecule has 250 valence electrons. The lowest BCUT2D eigenvalue weighted by Crippen LogP contribution is -2.42. The fraction of sp³-hybridized carbons (Fsp3) is 0.130. The smallest absolute Gasteiger partial charge is 0.0852 e. The van der Waals surface area contributed by atoms with Crippen molar-refractivity contribution in [1.82, 2.24) is 15.2 Å². The van der Waals surface area contributed by atoms with Gasteiger partial charge in [0, 0.05) is 40.5 Å². The zero-order valence-electron chi connectivity index (χ0n) is 28.7. The third-order valence-electron chi connectivity index (χ3n) is 10.8. The largest absolute Gasteiger partial charge is 0.330 e. The Balaban J connectivity index is 1.13. The summed E-state index contributed by atoms with van der Waals surface area (Å²) in [5.41, 5.74) is 18.5. The maximum atomic E-state index is 6.72. The molecule has 1 aliphatic carbocycles. The number of hydrogen-bond donors (Lipinski definition) is 3. The van der Waals surface area contributed by atoms with E-state index in [0.29, 0.717) is 6.54 Å². The summed E-state index contributed by atoms with van der Waals surface area (Å²) >= 11 is 0. The fourth-order valence-corrected chi connectivity index (χ4v) is 8.44. The lowest BCUT2D eigenvalue weighted by atomic mass is 9.73.